The van der Waals surface area contributed by atoms with Crippen molar-refractivity contribution >= 4 is 15.8 Å². The van der Waals surface area contributed by atoms with Gasteiger partial charge in [-0.15, -0.1) is 0 Å². The Morgan fingerprint density at radius 2 is 2.18 bits per heavy atom. The summed E-state index contributed by atoms with van der Waals surface area (Å²) in [6.45, 7) is 4.59. The third-order valence-corrected chi connectivity index (χ3v) is 5.48. The molecule has 0 saturated carbocycles. The van der Waals surface area contributed by atoms with Gasteiger partial charge in [0.1, 0.15) is 16.4 Å². The second-order valence-electron chi connectivity index (χ2n) is 5.39. The number of hydrogen-bond acceptors (Lipinski definition) is 6. The van der Waals surface area contributed by atoms with E-state index in [2.05, 4.69) is 19.8 Å². The molecule has 1 saturated heterocycles. The summed E-state index contributed by atoms with van der Waals surface area (Å²) in [6, 6.07) is 5.55. The molecule has 0 aromatic carbocycles. The van der Waals surface area contributed by atoms with Crippen molar-refractivity contribution in [3.8, 4) is 0 Å². The molecule has 3 heterocycles. The molecule has 0 spiro atoms. The van der Waals surface area contributed by atoms with Crippen molar-refractivity contribution in [2.75, 3.05) is 18.0 Å². The Labute approximate surface area is 129 Å². The summed E-state index contributed by atoms with van der Waals surface area (Å²) in [4.78, 5) is 6.51. The SMILES string of the molecule is Cc1noc(C)c1S(=O)(=O)NC1CCN(c2ccccn2)C1. The molecule has 1 fully saturated rings. The number of aryl methyl sites for hydroxylation is 2. The fraction of sp³-hybridized carbons (Fsp3) is 0.429. The smallest absolute Gasteiger partial charge is 0.246 e. The fourth-order valence-corrected chi connectivity index (χ4v) is 4.33. The Morgan fingerprint density at radius 3 is 2.82 bits per heavy atom. The van der Waals surface area contributed by atoms with Crippen molar-refractivity contribution in [3.63, 3.8) is 0 Å². The van der Waals surface area contributed by atoms with Crippen LogP contribution in [0.3, 0.4) is 0 Å². The lowest BCUT2D eigenvalue weighted by Crippen LogP contribution is -2.37. The Balaban J connectivity index is 1.72. The van der Waals surface area contributed by atoms with Gasteiger partial charge in [-0.05, 0) is 32.4 Å². The molecule has 0 amide bonds. The van der Waals surface area contributed by atoms with E-state index in [4.69, 9.17) is 4.52 Å². The van der Waals surface area contributed by atoms with E-state index in [0.717, 1.165) is 18.8 Å². The quantitative estimate of drug-likeness (QED) is 0.911. The van der Waals surface area contributed by atoms with Gasteiger partial charge in [0, 0.05) is 25.3 Å². The van der Waals surface area contributed by atoms with Gasteiger partial charge in [0.2, 0.25) is 10.0 Å². The third-order valence-electron chi connectivity index (χ3n) is 3.72. The molecule has 1 aliphatic rings. The molecule has 2 aromatic heterocycles. The number of nitrogens with one attached hydrogen (secondary N) is 1. The summed E-state index contributed by atoms with van der Waals surface area (Å²) in [5.41, 5.74) is 0.379. The second kappa shape index (κ2) is 5.69. The first-order valence-corrected chi connectivity index (χ1v) is 8.57. The Morgan fingerprint density at radius 1 is 1.36 bits per heavy atom. The average Bonchev–Trinajstić information content (AvgIpc) is 3.06. The lowest BCUT2D eigenvalue weighted by Gasteiger charge is -2.17. The van der Waals surface area contributed by atoms with E-state index in [1.165, 1.54) is 0 Å². The largest absolute Gasteiger partial charge is 0.360 e. The highest BCUT2D eigenvalue weighted by Gasteiger charge is 2.31. The summed E-state index contributed by atoms with van der Waals surface area (Å²) < 4.78 is 32.7. The average molecular weight is 322 g/mol. The highest BCUT2D eigenvalue weighted by atomic mass is 32.2. The maximum atomic E-state index is 12.5. The predicted molar refractivity (Wildman–Crippen MR) is 81.2 cm³/mol. The van der Waals surface area contributed by atoms with E-state index < -0.39 is 10.0 Å². The molecule has 0 radical (unpaired) electrons. The summed E-state index contributed by atoms with van der Waals surface area (Å²) in [5.74, 6) is 1.17. The normalized spacial score (nSPS) is 18.8. The first-order chi connectivity index (χ1) is 10.5. The zero-order valence-corrected chi connectivity index (χ0v) is 13.3. The summed E-state index contributed by atoms with van der Waals surface area (Å²) in [6.07, 6.45) is 2.47. The molecule has 22 heavy (non-hydrogen) atoms. The van der Waals surface area contributed by atoms with Crippen LogP contribution >= 0.6 is 0 Å². The zero-order valence-electron chi connectivity index (χ0n) is 12.5. The topological polar surface area (TPSA) is 88.3 Å². The van der Waals surface area contributed by atoms with E-state index in [-0.39, 0.29) is 10.9 Å². The van der Waals surface area contributed by atoms with Crippen LogP contribution in [0, 0.1) is 13.8 Å². The molecule has 1 unspecified atom stereocenters. The van der Waals surface area contributed by atoms with Gasteiger partial charge in [0.25, 0.3) is 0 Å². The molecule has 0 aliphatic carbocycles. The van der Waals surface area contributed by atoms with E-state index in [1.54, 1.807) is 20.0 Å². The van der Waals surface area contributed by atoms with Crippen LogP contribution in [-0.2, 0) is 10.0 Å². The van der Waals surface area contributed by atoms with Crippen molar-refractivity contribution < 1.29 is 12.9 Å². The van der Waals surface area contributed by atoms with Crippen LogP contribution in [0.4, 0.5) is 5.82 Å². The van der Waals surface area contributed by atoms with E-state index >= 15 is 0 Å². The number of sulfonamides is 1. The third kappa shape index (κ3) is 2.84. The highest BCUT2D eigenvalue weighted by molar-refractivity contribution is 7.89. The van der Waals surface area contributed by atoms with E-state index in [0.29, 0.717) is 18.0 Å². The van der Waals surface area contributed by atoms with Crippen molar-refractivity contribution in [1.29, 1.82) is 0 Å². The molecule has 1 N–H and O–H groups in total. The minimum atomic E-state index is -3.62. The number of aromatic nitrogens is 2. The van der Waals surface area contributed by atoms with Crippen molar-refractivity contribution in [1.82, 2.24) is 14.9 Å². The van der Waals surface area contributed by atoms with Crippen molar-refractivity contribution in [2.45, 2.75) is 31.2 Å². The van der Waals surface area contributed by atoms with Gasteiger partial charge in [-0.3, -0.25) is 0 Å². The lowest BCUT2D eigenvalue weighted by atomic mass is 10.3. The van der Waals surface area contributed by atoms with Gasteiger partial charge in [-0.1, -0.05) is 11.2 Å². The van der Waals surface area contributed by atoms with Crippen LogP contribution in [0.2, 0.25) is 0 Å². The monoisotopic (exact) mass is 322 g/mol. The van der Waals surface area contributed by atoms with Crippen molar-refractivity contribution in [3.05, 3.63) is 35.9 Å². The van der Waals surface area contributed by atoms with Crippen LogP contribution in [0.5, 0.6) is 0 Å². The van der Waals surface area contributed by atoms with E-state index in [9.17, 15) is 8.42 Å². The van der Waals surface area contributed by atoms with E-state index in [1.807, 2.05) is 18.2 Å². The fourth-order valence-electron chi connectivity index (χ4n) is 2.74. The minimum Gasteiger partial charge on any atom is -0.360 e. The molecule has 7 nitrogen and oxygen atoms in total. The van der Waals surface area contributed by atoms with Gasteiger partial charge in [-0.25, -0.2) is 18.1 Å². The standard InChI is InChI=1S/C14H18N4O3S/c1-10-14(11(2)21-16-10)22(19,20)17-12-6-8-18(9-12)13-5-3-4-7-15-13/h3-5,7,12,17H,6,8-9H2,1-2H3. The van der Waals surface area contributed by atoms with Gasteiger partial charge in [0.15, 0.2) is 5.76 Å². The molecular formula is C14H18N4O3S. The lowest BCUT2D eigenvalue weighted by molar-refractivity contribution is 0.390. The Kier molecular flexibility index (Phi) is 3.88. The summed E-state index contributed by atoms with van der Waals surface area (Å²) >= 11 is 0. The van der Waals surface area contributed by atoms with Crippen LogP contribution in [0.15, 0.2) is 33.8 Å². The van der Waals surface area contributed by atoms with Gasteiger partial charge < -0.3 is 9.42 Å². The Bertz CT molecular complexity index is 738. The Hall–Kier alpha value is -1.93. The number of pyridine rings is 1. The molecule has 2 aromatic rings. The van der Waals surface area contributed by atoms with Crippen LogP contribution in [0.1, 0.15) is 17.9 Å². The molecule has 1 atom stereocenters. The zero-order chi connectivity index (χ0) is 15.7. The molecule has 0 bridgehead atoms. The first kappa shape index (κ1) is 15.0. The summed E-state index contributed by atoms with van der Waals surface area (Å²) in [5, 5.41) is 3.70. The molecule has 3 rings (SSSR count). The number of anilines is 1. The second-order valence-corrected chi connectivity index (χ2v) is 7.04. The van der Waals surface area contributed by atoms with Crippen molar-refractivity contribution in [2.24, 2.45) is 0 Å². The van der Waals surface area contributed by atoms with Gasteiger partial charge in [0.05, 0.1) is 0 Å². The van der Waals surface area contributed by atoms with Gasteiger partial charge in [-0.2, -0.15) is 0 Å². The molecule has 8 heteroatoms. The predicted octanol–water partition coefficient (Wildman–Crippen LogP) is 1.24. The number of nitrogens with zero attached hydrogens (tertiary/aromatic N) is 3. The first-order valence-electron chi connectivity index (χ1n) is 7.08. The molecular weight excluding hydrogens is 304 g/mol. The maximum absolute atomic E-state index is 12.5. The van der Waals surface area contributed by atoms with Gasteiger partial charge >= 0.3 is 0 Å². The van der Waals surface area contributed by atoms with Crippen LogP contribution < -0.4 is 9.62 Å². The number of hydrogen-bond donors (Lipinski definition) is 1. The number of rotatable bonds is 4. The highest BCUT2D eigenvalue weighted by Crippen LogP contribution is 2.22. The minimum absolute atomic E-state index is 0.142. The van der Waals surface area contributed by atoms with Crippen LogP contribution in [0.25, 0.3) is 0 Å². The molecule has 118 valence electrons. The molecule has 1 aliphatic heterocycles. The summed E-state index contributed by atoms with van der Waals surface area (Å²) in [7, 11) is -3.62. The van der Waals surface area contributed by atoms with Crippen LogP contribution in [-0.4, -0.2) is 37.7 Å². The maximum Gasteiger partial charge on any atom is 0.246 e.